The highest BCUT2D eigenvalue weighted by Crippen LogP contribution is 2.34. The Morgan fingerprint density at radius 2 is 1.60 bits per heavy atom. The van der Waals surface area contributed by atoms with E-state index in [1.165, 1.54) is 19.3 Å². The lowest BCUT2D eigenvalue weighted by Crippen LogP contribution is -2.43. The summed E-state index contributed by atoms with van der Waals surface area (Å²) in [6.07, 6.45) is 3.61. The molecule has 0 aromatic heterocycles. The van der Waals surface area contributed by atoms with E-state index in [9.17, 15) is 0 Å². The highest BCUT2D eigenvalue weighted by molar-refractivity contribution is 6.67. The minimum absolute atomic E-state index is 0.339. The van der Waals surface area contributed by atoms with Crippen LogP contribution in [-0.4, -0.2) is 22.8 Å². The molecule has 0 amide bonds. The molecule has 0 aliphatic carbocycles. The van der Waals surface area contributed by atoms with Gasteiger partial charge in [-0.1, -0.05) is 47.0 Å². The highest BCUT2D eigenvalue weighted by atomic mass is 28.4. The zero-order valence-corrected chi connectivity index (χ0v) is 12.4. The molecule has 0 bridgehead atoms. The van der Waals surface area contributed by atoms with Crippen LogP contribution in [0.1, 0.15) is 47.0 Å². The van der Waals surface area contributed by atoms with Gasteiger partial charge in [0.2, 0.25) is 0 Å². The van der Waals surface area contributed by atoms with Gasteiger partial charge in [-0.05, 0) is 17.5 Å². The van der Waals surface area contributed by atoms with Crippen LogP contribution in [0.3, 0.4) is 0 Å². The normalized spacial score (nSPS) is 13.2. The van der Waals surface area contributed by atoms with Crippen LogP contribution in [0.4, 0.5) is 0 Å². The van der Waals surface area contributed by atoms with Crippen molar-refractivity contribution in [2.24, 2.45) is 5.41 Å². The van der Waals surface area contributed by atoms with Gasteiger partial charge in [-0.15, -0.1) is 0 Å². The van der Waals surface area contributed by atoms with Gasteiger partial charge in [-0.25, -0.2) is 0 Å². The van der Waals surface area contributed by atoms with Crippen molar-refractivity contribution in [3.05, 3.63) is 0 Å². The first-order chi connectivity index (χ1) is 6.95. The molecule has 3 heteroatoms. The van der Waals surface area contributed by atoms with Crippen LogP contribution in [0.15, 0.2) is 0 Å². The molecule has 0 radical (unpaired) electrons. The second-order valence-corrected chi connectivity index (χ2v) is 8.61. The van der Waals surface area contributed by atoms with Crippen molar-refractivity contribution in [3.8, 4) is 0 Å². The first-order valence-electron chi connectivity index (χ1n) is 6.05. The third-order valence-electron chi connectivity index (χ3n) is 3.36. The standard InChI is InChI=1S/C12H28O2Si/c1-7-9-10-15(13-5,14-6)11-12(3,4)8-2/h7-11H2,1-6H3. The largest absolute Gasteiger partial charge is 0.398 e. The molecule has 0 aromatic rings. The fourth-order valence-electron chi connectivity index (χ4n) is 1.82. The summed E-state index contributed by atoms with van der Waals surface area (Å²) < 4.78 is 11.5. The maximum atomic E-state index is 5.74. The first kappa shape index (κ1) is 15.1. The Balaban J connectivity index is 4.48. The fraction of sp³-hybridized carbons (Fsp3) is 1.00. The Labute approximate surface area is 96.6 Å². The summed E-state index contributed by atoms with van der Waals surface area (Å²) >= 11 is 0. The molecule has 0 saturated carbocycles. The Morgan fingerprint density at radius 3 is 1.93 bits per heavy atom. The molecule has 0 saturated heterocycles. The van der Waals surface area contributed by atoms with Crippen LogP contribution in [0, 0.1) is 5.41 Å². The van der Waals surface area contributed by atoms with Gasteiger partial charge in [-0.2, -0.15) is 0 Å². The van der Waals surface area contributed by atoms with Crippen molar-refractivity contribution in [2.45, 2.75) is 59.0 Å². The van der Waals surface area contributed by atoms with Crippen LogP contribution < -0.4 is 0 Å². The SMILES string of the molecule is CCCC[Si](CC(C)(C)CC)(OC)OC. The maximum Gasteiger partial charge on any atom is 0.338 e. The maximum absolute atomic E-state index is 5.74. The third kappa shape index (κ3) is 5.14. The predicted octanol–water partition coefficient (Wildman–Crippen LogP) is 3.96. The Kier molecular flexibility index (Phi) is 6.72. The Morgan fingerprint density at radius 1 is 1.07 bits per heavy atom. The molecule has 0 spiro atoms. The van der Waals surface area contributed by atoms with E-state index < -0.39 is 8.56 Å². The average Bonchev–Trinajstić information content (AvgIpc) is 2.24. The van der Waals surface area contributed by atoms with Gasteiger partial charge in [-0.3, -0.25) is 0 Å². The molecule has 2 nitrogen and oxygen atoms in total. The summed E-state index contributed by atoms with van der Waals surface area (Å²) in [5.41, 5.74) is 0.339. The summed E-state index contributed by atoms with van der Waals surface area (Å²) in [5, 5.41) is 0. The highest BCUT2D eigenvalue weighted by Gasteiger charge is 2.39. The van der Waals surface area contributed by atoms with Gasteiger partial charge in [0.15, 0.2) is 0 Å². The minimum atomic E-state index is -1.92. The molecule has 0 atom stereocenters. The zero-order chi connectivity index (χ0) is 11.9. The molecule has 0 unspecified atom stereocenters. The number of unbranched alkanes of at least 4 members (excludes halogenated alkanes) is 1. The van der Waals surface area contributed by atoms with Crippen LogP contribution in [0.25, 0.3) is 0 Å². The molecule has 0 aliphatic rings. The van der Waals surface area contributed by atoms with E-state index >= 15 is 0 Å². The molecule has 0 N–H and O–H groups in total. The fourth-order valence-corrected chi connectivity index (χ4v) is 5.46. The van der Waals surface area contributed by atoms with Gasteiger partial charge >= 0.3 is 8.56 Å². The molecule has 15 heavy (non-hydrogen) atoms. The van der Waals surface area contributed by atoms with Crippen molar-refractivity contribution in [1.82, 2.24) is 0 Å². The van der Waals surface area contributed by atoms with Gasteiger partial charge in [0.05, 0.1) is 0 Å². The average molecular weight is 232 g/mol. The van der Waals surface area contributed by atoms with E-state index in [0.29, 0.717) is 5.41 Å². The quantitative estimate of drug-likeness (QED) is 0.590. The van der Waals surface area contributed by atoms with Crippen molar-refractivity contribution in [1.29, 1.82) is 0 Å². The molecule has 0 rings (SSSR count). The van der Waals surface area contributed by atoms with E-state index in [-0.39, 0.29) is 0 Å². The molecule has 0 aromatic carbocycles. The van der Waals surface area contributed by atoms with Gasteiger partial charge in [0.1, 0.15) is 0 Å². The van der Waals surface area contributed by atoms with Gasteiger partial charge < -0.3 is 8.85 Å². The summed E-state index contributed by atoms with van der Waals surface area (Å²) in [5.74, 6) is 0. The molecule has 0 heterocycles. The van der Waals surface area contributed by atoms with Gasteiger partial charge in [0, 0.05) is 14.2 Å². The second-order valence-electron chi connectivity index (χ2n) is 5.12. The van der Waals surface area contributed by atoms with Crippen LogP contribution >= 0.6 is 0 Å². The molecule has 92 valence electrons. The lowest BCUT2D eigenvalue weighted by Gasteiger charge is -2.35. The number of hydrogen-bond acceptors (Lipinski definition) is 2. The molecule has 0 aliphatic heterocycles. The summed E-state index contributed by atoms with van der Waals surface area (Å²) in [6.45, 7) is 9.07. The van der Waals surface area contributed by atoms with Crippen molar-refractivity contribution < 1.29 is 8.85 Å². The van der Waals surface area contributed by atoms with Crippen LogP contribution in [0.2, 0.25) is 12.1 Å². The molecular formula is C12H28O2Si. The Bertz CT molecular complexity index is 165. The lowest BCUT2D eigenvalue weighted by atomic mass is 9.93. The second kappa shape index (κ2) is 6.66. The van der Waals surface area contributed by atoms with Crippen molar-refractivity contribution in [3.63, 3.8) is 0 Å². The van der Waals surface area contributed by atoms with Crippen molar-refractivity contribution >= 4 is 8.56 Å². The van der Waals surface area contributed by atoms with Crippen molar-refractivity contribution in [2.75, 3.05) is 14.2 Å². The lowest BCUT2D eigenvalue weighted by molar-refractivity contribution is 0.216. The third-order valence-corrected chi connectivity index (χ3v) is 7.46. The smallest absolute Gasteiger partial charge is 0.338 e. The molecule has 0 fully saturated rings. The van der Waals surface area contributed by atoms with Gasteiger partial charge in [0.25, 0.3) is 0 Å². The first-order valence-corrected chi connectivity index (χ1v) is 8.28. The molecular weight excluding hydrogens is 204 g/mol. The van der Waals surface area contributed by atoms with Crippen LogP contribution in [-0.2, 0) is 8.85 Å². The minimum Gasteiger partial charge on any atom is -0.398 e. The summed E-state index contributed by atoms with van der Waals surface area (Å²) in [4.78, 5) is 0. The van der Waals surface area contributed by atoms with E-state index in [1.54, 1.807) is 0 Å². The summed E-state index contributed by atoms with van der Waals surface area (Å²) in [6, 6.07) is 2.23. The monoisotopic (exact) mass is 232 g/mol. The predicted molar refractivity (Wildman–Crippen MR) is 68.4 cm³/mol. The number of hydrogen-bond donors (Lipinski definition) is 0. The number of rotatable bonds is 8. The van der Waals surface area contributed by atoms with Crippen LogP contribution in [0.5, 0.6) is 0 Å². The van der Waals surface area contributed by atoms with E-state index in [4.69, 9.17) is 8.85 Å². The zero-order valence-electron chi connectivity index (χ0n) is 11.4. The topological polar surface area (TPSA) is 18.5 Å². The van der Waals surface area contributed by atoms with E-state index in [0.717, 1.165) is 12.1 Å². The van der Waals surface area contributed by atoms with E-state index in [1.807, 2.05) is 14.2 Å². The van der Waals surface area contributed by atoms with E-state index in [2.05, 4.69) is 27.7 Å². The summed E-state index contributed by atoms with van der Waals surface area (Å²) in [7, 11) is 1.71. The Hall–Kier alpha value is 0.137.